The van der Waals surface area contributed by atoms with E-state index >= 15 is 0 Å². The van der Waals surface area contributed by atoms with E-state index in [0.29, 0.717) is 11.6 Å². The molecule has 0 spiro atoms. The number of primary amides is 1. The summed E-state index contributed by atoms with van der Waals surface area (Å²) in [5.74, 6) is 0.463. The average molecular weight is 273 g/mol. The van der Waals surface area contributed by atoms with Crippen LogP contribution in [0.1, 0.15) is 34.3 Å². The van der Waals surface area contributed by atoms with E-state index in [-0.39, 0.29) is 5.91 Å². The van der Waals surface area contributed by atoms with Gasteiger partial charge in [-0.25, -0.2) is 0 Å². The first-order valence-corrected chi connectivity index (χ1v) is 7.48. The predicted molar refractivity (Wildman–Crippen MR) is 79.5 cm³/mol. The van der Waals surface area contributed by atoms with Gasteiger partial charge in [-0.05, 0) is 55.5 Å². The van der Waals surface area contributed by atoms with E-state index in [0.717, 1.165) is 24.6 Å². The highest BCUT2D eigenvalue weighted by Gasteiger charge is 2.33. The van der Waals surface area contributed by atoms with Crippen molar-refractivity contribution >= 4 is 5.91 Å². The summed E-state index contributed by atoms with van der Waals surface area (Å²) in [6.07, 6.45) is 2.66. The van der Waals surface area contributed by atoms with Gasteiger partial charge in [-0.15, -0.1) is 0 Å². The minimum absolute atomic E-state index is 0.351. The van der Waals surface area contributed by atoms with Crippen molar-refractivity contribution in [1.82, 2.24) is 10.2 Å². The van der Waals surface area contributed by atoms with Crippen molar-refractivity contribution in [3.8, 4) is 0 Å². The zero-order valence-electron chi connectivity index (χ0n) is 12.1. The molecular weight excluding hydrogens is 250 g/mol. The standard InChI is InChI=1S/C16H23N3O/c1-11-7-12(16(17)20)4-5-13(11)8-19-9-14-3-2-6-18-15(14)10-19/h4-5,7,14-15,18H,2-3,6,8-10H2,1H3,(H2,17,20). The predicted octanol–water partition coefficient (Wildman–Crippen LogP) is 1.28. The lowest BCUT2D eigenvalue weighted by atomic mass is 9.94. The Morgan fingerprint density at radius 2 is 2.30 bits per heavy atom. The summed E-state index contributed by atoms with van der Waals surface area (Å²) in [7, 11) is 0. The van der Waals surface area contributed by atoms with E-state index < -0.39 is 0 Å². The minimum atomic E-state index is -0.351. The normalized spacial score (nSPS) is 26.4. The second-order valence-corrected chi connectivity index (χ2v) is 6.16. The van der Waals surface area contributed by atoms with Gasteiger partial charge in [0.2, 0.25) is 5.91 Å². The van der Waals surface area contributed by atoms with Crippen LogP contribution in [0.5, 0.6) is 0 Å². The molecule has 2 saturated heterocycles. The first kappa shape index (κ1) is 13.6. The van der Waals surface area contributed by atoms with Gasteiger partial charge in [0.25, 0.3) is 0 Å². The molecule has 1 aromatic rings. The molecular formula is C16H23N3O. The summed E-state index contributed by atoms with van der Waals surface area (Å²) in [4.78, 5) is 13.7. The third-order valence-corrected chi connectivity index (χ3v) is 4.70. The van der Waals surface area contributed by atoms with Crippen molar-refractivity contribution < 1.29 is 4.79 Å². The number of nitrogens with zero attached hydrogens (tertiary/aromatic N) is 1. The Balaban J connectivity index is 1.68. The molecule has 3 rings (SSSR count). The van der Waals surface area contributed by atoms with Crippen LogP contribution in [0.25, 0.3) is 0 Å². The van der Waals surface area contributed by atoms with Crippen LogP contribution in [0.2, 0.25) is 0 Å². The summed E-state index contributed by atoms with van der Waals surface area (Å²) in [5.41, 5.74) is 8.37. The van der Waals surface area contributed by atoms with Crippen LogP contribution in [0.4, 0.5) is 0 Å². The van der Waals surface area contributed by atoms with Crippen LogP contribution in [0.3, 0.4) is 0 Å². The molecule has 2 heterocycles. The number of aryl methyl sites for hydroxylation is 1. The van der Waals surface area contributed by atoms with Crippen LogP contribution >= 0.6 is 0 Å². The SMILES string of the molecule is Cc1cc(C(N)=O)ccc1CN1CC2CCCNC2C1. The molecule has 0 saturated carbocycles. The van der Waals surface area contributed by atoms with Crippen molar-refractivity contribution in [3.63, 3.8) is 0 Å². The van der Waals surface area contributed by atoms with E-state index in [4.69, 9.17) is 5.73 Å². The topological polar surface area (TPSA) is 58.4 Å². The Morgan fingerprint density at radius 1 is 1.45 bits per heavy atom. The van der Waals surface area contributed by atoms with E-state index in [1.54, 1.807) is 0 Å². The Hall–Kier alpha value is -1.39. The molecule has 1 amide bonds. The summed E-state index contributed by atoms with van der Waals surface area (Å²) in [6.45, 7) is 6.53. The Kier molecular flexibility index (Phi) is 3.76. The summed E-state index contributed by atoms with van der Waals surface area (Å²) in [5, 5.41) is 3.63. The van der Waals surface area contributed by atoms with Crippen LogP contribution in [0.15, 0.2) is 18.2 Å². The van der Waals surface area contributed by atoms with E-state index in [1.165, 1.54) is 31.5 Å². The number of carbonyl (C=O) groups excluding carboxylic acids is 1. The molecule has 0 aromatic heterocycles. The lowest BCUT2D eigenvalue weighted by Gasteiger charge is -2.24. The molecule has 108 valence electrons. The molecule has 0 radical (unpaired) electrons. The fourth-order valence-electron chi connectivity index (χ4n) is 3.53. The number of piperidine rings is 1. The number of carbonyl (C=O) groups is 1. The molecule has 2 fully saturated rings. The number of hydrogen-bond acceptors (Lipinski definition) is 3. The van der Waals surface area contributed by atoms with Crippen LogP contribution in [-0.4, -0.2) is 36.5 Å². The molecule has 20 heavy (non-hydrogen) atoms. The maximum atomic E-state index is 11.2. The van der Waals surface area contributed by atoms with Gasteiger partial charge in [0.05, 0.1) is 0 Å². The molecule has 0 bridgehead atoms. The first-order chi connectivity index (χ1) is 9.63. The van der Waals surface area contributed by atoms with Crippen molar-refractivity contribution in [2.75, 3.05) is 19.6 Å². The Bertz CT molecular complexity index is 500. The Labute approximate surface area is 120 Å². The van der Waals surface area contributed by atoms with Gasteiger partial charge in [0, 0.05) is 31.2 Å². The second-order valence-electron chi connectivity index (χ2n) is 6.16. The largest absolute Gasteiger partial charge is 0.366 e. The summed E-state index contributed by atoms with van der Waals surface area (Å²) in [6, 6.07) is 6.46. The third-order valence-electron chi connectivity index (χ3n) is 4.70. The lowest BCUT2D eigenvalue weighted by Crippen LogP contribution is -2.40. The van der Waals surface area contributed by atoms with Gasteiger partial charge >= 0.3 is 0 Å². The van der Waals surface area contributed by atoms with Gasteiger partial charge in [-0.3, -0.25) is 9.69 Å². The molecule has 4 nitrogen and oxygen atoms in total. The summed E-state index contributed by atoms with van der Waals surface area (Å²) >= 11 is 0. The Morgan fingerprint density at radius 3 is 3.00 bits per heavy atom. The van der Waals surface area contributed by atoms with Crippen LogP contribution in [0, 0.1) is 12.8 Å². The zero-order chi connectivity index (χ0) is 14.1. The van der Waals surface area contributed by atoms with Crippen molar-refractivity contribution in [1.29, 1.82) is 0 Å². The highest BCUT2D eigenvalue weighted by atomic mass is 16.1. The summed E-state index contributed by atoms with van der Waals surface area (Å²) < 4.78 is 0. The van der Waals surface area contributed by atoms with E-state index in [1.807, 2.05) is 18.2 Å². The van der Waals surface area contributed by atoms with Crippen LogP contribution < -0.4 is 11.1 Å². The highest BCUT2D eigenvalue weighted by molar-refractivity contribution is 5.93. The second kappa shape index (κ2) is 5.54. The quantitative estimate of drug-likeness (QED) is 0.872. The maximum Gasteiger partial charge on any atom is 0.248 e. The van der Waals surface area contributed by atoms with E-state index in [9.17, 15) is 4.79 Å². The van der Waals surface area contributed by atoms with Gasteiger partial charge in [-0.1, -0.05) is 6.07 Å². The van der Waals surface area contributed by atoms with Crippen molar-refractivity contribution in [2.24, 2.45) is 11.7 Å². The fourth-order valence-corrected chi connectivity index (χ4v) is 3.53. The number of rotatable bonds is 3. The average Bonchev–Trinajstić information content (AvgIpc) is 2.83. The van der Waals surface area contributed by atoms with Gasteiger partial charge in [-0.2, -0.15) is 0 Å². The number of nitrogens with two attached hydrogens (primary N) is 1. The number of fused-ring (bicyclic) bond motifs is 1. The van der Waals surface area contributed by atoms with Gasteiger partial charge < -0.3 is 11.1 Å². The molecule has 2 unspecified atom stereocenters. The van der Waals surface area contributed by atoms with Crippen LogP contribution in [-0.2, 0) is 6.54 Å². The molecule has 3 N–H and O–H groups in total. The number of hydrogen-bond donors (Lipinski definition) is 2. The molecule has 2 atom stereocenters. The molecule has 1 aromatic carbocycles. The molecule has 4 heteroatoms. The molecule has 0 aliphatic carbocycles. The monoisotopic (exact) mass is 273 g/mol. The third kappa shape index (κ3) is 2.72. The maximum absolute atomic E-state index is 11.2. The minimum Gasteiger partial charge on any atom is -0.366 e. The lowest BCUT2D eigenvalue weighted by molar-refractivity contribution is 0.1000. The number of amides is 1. The number of nitrogens with one attached hydrogen (secondary N) is 1. The fraction of sp³-hybridized carbons (Fsp3) is 0.562. The molecule has 2 aliphatic heterocycles. The van der Waals surface area contributed by atoms with Crippen molar-refractivity contribution in [3.05, 3.63) is 34.9 Å². The van der Waals surface area contributed by atoms with E-state index in [2.05, 4.69) is 17.1 Å². The first-order valence-electron chi connectivity index (χ1n) is 7.48. The number of benzene rings is 1. The molecule has 2 aliphatic rings. The van der Waals surface area contributed by atoms with Gasteiger partial charge in [0.15, 0.2) is 0 Å². The highest BCUT2D eigenvalue weighted by Crippen LogP contribution is 2.26. The van der Waals surface area contributed by atoms with Crippen molar-refractivity contribution in [2.45, 2.75) is 32.4 Å². The number of likely N-dealkylation sites (tertiary alicyclic amines) is 1. The van der Waals surface area contributed by atoms with Gasteiger partial charge in [0.1, 0.15) is 0 Å². The smallest absolute Gasteiger partial charge is 0.248 e. The zero-order valence-corrected chi connectivity index (χ0v) is 12.1.